The molecule has 1 amide bonds. The molecule has 0 aliphatic rings. The number of nitrogens with zero attached hydrogens (tertiary/aromatic N) is 5. The molecular weight excluding hydrogens is 519 g/mol. The van der Waals surface area contributed by atoms with Gasteiger partial charge in [-0.05, 0) is 78.7 Å². The maximum absolute atomic E-state index is 13.0. The molecule has 11 heteroatoms. The first-order chi connectivity index (χ1) is 19.2. The van der Waals surface area contributed by atoms with Crippen LogP contribution in [0.4, 0.5) is 30.4 Å². The second-order valence-corrected chi connectivity index (χ2v) is 8.78. The predicted molar refractivity (Wildman–Crippen MR) is 146 cm³/mol. The number of benzene rings is 3. The summed E-state index contributed by atoms with van der Waals surface area (Å²) < 4.78 is 40.8. The SMILES string of the molecule is Cc1ccc(NC(=O)c2cccc(C(F)(F)F)c2)cc1C=Cn1cnc2c(Nc3ccc(C#N)cc3)ncnc21. The van der Waals surface area contributed by atoms with Crippen LogP contribution in [0.1, 0.15) is 32.6 Å². The zero-order valence-electron chi connectivity index (χ0n) is 20.9. The first-order valence-corrected chi connectivity index (χ1v) is 11.9. The lowest BCUT2D eigenvalue weighted by Gasteiger charge is -2.10. The molecule has 0 spiro atoms. The third kappa shape index (κ3) is 5.66. The Morgan fingerprint density at radius 1 is 1.00 bits per heavy atom. The van der Waals surface area contributed by atoms with Gasteiger partial charge in [0.25, 0.3) is 5.91 Å². The average Bonchev–Trinajstić information content (AvgIpc) is 3.37. The van der Waals surface area contributed by atoms with Crippen molar-refractivity contribution in [3.05, 3.63) is 107 Å². The lowest BCUT2D eigenvalue weighted by Crippen LogP contribution is -2.14. The Kier molecular flexibility index (Phi) is 6.99. The van der Waals surface area contributed by atoms with Crippen LogP contribution < -0.4 is 10.6 Å². The Balaban J connectivity index is 1.35. The highest BCUT2D eigenvalue weighted by atomic mass is 19.4. The Morgan fingerprint density at radius 2 is 1.77 bits per heavy atom. The van der Waals surface area contributed by atoms with Crippen molar-refractivity contribution in [3.63, 3.8) is 0 Å². The molecule has 3 aromatic carbocycles. The minimum Gasteiger partial charge on any atom is -0.338 e. The van der Waals surface area contributed by atoms with E-state index in [1.165, 1.54) is 18.5 Å². The summed E-state index contributed by atoms with van der Waals surface area (Å²) in [6.45, 7) is 1.89. The number of amides is 1. The van der Waals surface area contributed by atoms with Crippen LogP contribution in [-0.2, 0) is 6.18 Å². The number of nitrogens with one attached hydrogen (secondary N) is 2. The summed E-state index contributed by atoms with van der Waals surface area (Å²) in [5, 5.41) is 14.8. The van der Waals surface area contributed by atoms with Crippen molar-refractivity contribution in [2.45, 2.75) is 13.1 Å². The zero-order chi connectivity index (χ0) is 28.3. The second kappa shape index (κ2) is 10.7. The van der Waals surface area contributed by atoms with Gasteiger partial charge in [-0.2, -0.15) is 18.4 Å². The number of rotatable bonds is 6. The number of anilines is 3. The molecular formula is C29H20F3N7O. The quantitative estimate of drug-likeness (QED) is 0.250. The van der Waals surface area contributed by atoms with Gasteiger partial charge in [-0.15, -0.1) is 0 Å². The van der Waals surface area contributed by atoms with E-state index in [1.54, 1.807) is 59.6 Å². The van der Waals surface area contributed by atoms with Crippen LogP contribution >= 0.6 is 0 Å². The van der Waals surface area contributed by atoms with Crippen molar-refractivity contribution < 1.29 is 18.0 Å². The molecule has 0 atom stereocenters. The summed E-state index contributed by atoms with van der Waals surface area (Å²) in [6.07, 6.45) is 2.03. The molecule has 5 rings (SSSR count). The second-order valence-electron chi connectivity index (χ2n) is 8.78. The maximum atomic E-state index is 13.0. The molecule has 40 heavy (non-hydrogen) atoms. The van der Waals surface area contributed by atoms with Gasteiger partial charge in [-0.25, -0.2) is 15.0 Å². The molecule has 5 aromatic rings. The number of halogens is 3. The molecule has 198 valence electrons. The third-order valence-electron chi connectivity index (χ3n) is 6.04. The minimum atomic E-state index is -4.54. The first kappa shape index (κ1) is 26.1. The number of alkyl halides is 3. The molecule has 0 unspecified atom stereocenters. The number of carbonyl (C=O) groups excluding carboxylic acids is 1. The average molecular weight is 540 g/mol. The standard InChI is InChI=1S/C29H20F3N7O/c1-18-5-8-24(38-28(40)21-3-2-4-22(13-21)29(30,31)32)14-20(18)11-12-39-17-36-25-26(34-16-35-27(25)39)37-23-9-6-19(15-33)7-10-23/h2-14,16-17H,1H3,(H,38,40)(H,34,35,37). The van der Waals surface area contributed by atoms with Crippen molar-refractivity contribution in [1.29, 1.82) is 5.26 Å². The molecule has 0 saturated heterocycles. The van der Waals surface area contributed by atoms with Crippen LogP contribution in [0.25, 0.3) is 23.4 Å². The number of hydrogen-bond acceptors (Lipinski definition) is 6. The normalized spacial score (nSPS) is 11.5. The van der Waals surface area contributed by atoms with Crippen LogP contribution in [0.5, 0.6) is 0 Å². The molecule has 2 N–H and O–H groups in total. The van der Waals surface area contributed by atoms with Crippen LogP contribution in [-0.4, -0.2) is 25.4 Å². The summed E-state index contributed by atoms with van der Waals surface area (Å²) in [7, 11) is 0. The van der Waals surface area contributed by atoms with Gasteiger partial charge in [0.2, 0.25) is 0 Å². The van der Waals surface area contributed by atoms with Gasteiger partial charge >= 0.3 is 6.18 Å². The lowest BCUT2D eigenvalue weighted by atomic mass is 10.1. The Bertz CT molecular complexity index is 1780. The van der Waals surface area contributed by atoms with Gasteiger partial charge in [-0.3, -0.25) is 9.36 Å². The van der Waals surface area contributed by atoms with Gasteiger partial charge in [-0.1, -0.05) is 12.1 Å². The van der Waals surface area contributed by atoms with Crippen molar-refractivity contribution in [3.8, 4) is 6.07 Å². The van der Waals surface area contributed by atoms with Crippen LogP contribution in [0, 0.1) is 18.3 Å². The largest absolute Gasteiger partial charge is 0.416 e. The monoisotopic (exact) mass is 539 g/mol. The smallest absolute Gasteiger partial charge is 0.338 e. The molecule has 0 bridgehead atoms. The van der Waals surface area contributed by atoms with E-state index in [2.05, 4.69) is 31.7 Å². The summed E-state index contributed by atoms with van der Waals surface area (Å²) in [5.41, 5.74) is 3.50. The van der Waals surface area contributed by atoms with Gasteiger partial charge in [0.1, 0.15) is 12.7 Å². The molecule has 2 aromatic heterocycles. The van der Waals surface area contributed by atoms with Gasteiger partial charge < -0.3 is 10.6 Å². The van der Waals surface area contributed by atoms with E-state index in [4.69, 9.17) is 5.26 Å². The van der Waals surface area contributed by atoms with E-state index in [1.807, 2.05) is 13.0 Å². The van der Waals surface area contributed by atoms with E-state index < -0.39 is 17.6 Å². The fourth-order valence-corrected chi connectivity index (χ4v) is 3.92. The summed E-state index contributed by atoms with van der Waals surface area (Å²) in [6, 6.07) is 18.5. The molecule has 0 saturated carbocycles. The Labute approximate surface area is 226 Å². The van der Waals surface area contributed by atoms with E-state index in [-0.39, 0.29) is 5.56 Å². The Morgan fingerprint density at radius 3 is 2.52 bits per heavy atom. The van der Waals surface area contributed by atoms with Crippen molar-refractivity contribution in [2.75, 3.05) is 10.6 Å². The number of hydrogen-bond donors (Lipinski definition) is 2. The fraction of sp³-hybridized carbons (Fsp3) is 0.0690. The molecule has 0 fully saturated rings. The van der Waals surface area contributed by atoms with Gasteiger partial charge in [0, 0.05) is 23.1 Å². The molecule has 8 nitrogen and oxygen atoms in total. The summed E-state index contributed by atoms with van der Waals surface area (Å²) >= 11 is 0. The van der Waals surface area contributed by atoms with Crippen molar-refractivity contribution in [2.24, 2.45) is 0 Å². The molecule has 2 heterocycles. The van der Waals surface area contributed by atoms with Crippen LogP contribution in [0.3, 0.4) is 0 Å². The topological polar surface area (TPSA) is 109 Å². The number of fused-ring (bicyclic) bond motifs is 1. The highest BCUT2D eigenvalue weighted by molar-refractivity contribution is 6.04. The molecule has 0 radical (unpaired) electrons. The highest BCUT2D eigenvalue weighted by Crippen LogP contribution is 2.30. The summed E-state index contributed by atoms with van der Waals surface area (Å²) in [4.78, 5) is 25.7. The number of carbonyl (C=O) groups is 1. The highest BCUT2D eigenvalue weighted by Gasteiger charge is 2.30. The molecule has 0 aliphatic carbocycles. The number of nitriles is 1. The van der Waals surface area contributed by atoms with E-state index in [0.29, 0.717) is 28.2 Å². The summed E-state index contributed by atoms with van der Waals surface area (Å²) in [5.74, 6) is -0.151. The Hall–Kier alpha value is -5.50. The lowest BCUT2D eigenvalue weighted by molar-refractivity contribution is -0.137. The van der Waals surface area contributed by atoms with Gasteiger partial charge in [0.05, 0.1) is 17.2 Å². The van der Waals surface area contributed by atoms with Crippen molar-refractivity contribution >= 4 is 46.5 Å². The van der Waals surface area contributed by atoms with E-state index in [0.717, 1.165) is 28.9 Å². The first-order valence-electron chi connectivity index (χ1n) is 11.9. The van der Waals surface area contributed by atoms with E-state index in [9.17, 15) is 18.0 Å². The number of aryl methyl sites for hydroxylation is 1. The van der Waals surface area contributed by atoms with Crippen molar-refractivity contribution in [1.82, 2.24) is 19.5 Å². The van der Waals surface area contributed by atoms with Gasteiger partial charge in [0.15, 0.2) is 17.0 Å². The zero-order valence-corrected chi connectivity index (χ0v) is 20.9. The minimum absolute atomic E-state index is 0.0949. The predicted octanol–water partition coefficient (Wildman–Crippen LogP) is 6.65. The number of imidazole rings is 1. The van der Waals surface area contributed by atoms with Crippen LogP contribution in [0.2, 0.25) is 0 Å². The van der Waals surface area contributed by atoms with E-state index >= 15 is 0 Å². The maximum Gasteiger partial charge on any atom is 0.416 e. The number of aromatic nitrogens is 4. The molecule has 0 aliphatic heterocycles. The van der Waals surface area contributed by atoms with Crippen LogP contribution in [0.15, 0.2) is 79.4 Å². The third-order valence-corrected chi connectivity index (χ3v) is 6.04. The fourth-order valence-electron chi connectivity index (χ4n) is 3.92.